The highest BCUT2D eigenvalue weighted by molar-refractivity contribution is 7.25. The average molecular weight is 673 g/mol. The second kappa shape index (κ2) is 10.9. The van der Waals surface area contributed by atoms with E-state index >= 15 is 0 Å². The Labute approximate surface area is 294 Å². The molecule has 4 heterocycles. The molecule has 51 heavy (non-hydrogen) atoms. The number of furan rings is 1. The van der Waals surface area contributed by atoms with Crippen LogP contribution in [-0.4, -0.2) is 19.9 Å². The second-order valence-electron chi connectivity index (χ2n) is 12.6. The highest BCUT2D eigenvalue weighted by Gasteiger charge is 2.21. The van der Waals surface area contributed by atoms with E-state index in [0.29, 0.717) is 23.4 Å². The number of rotatable bonds is 4. The van der Waals surface area contributed by atoms with E-state index in [4.69, 9.17) is 28.8 Å². The zero-order valence-electron chi connectivity index (χ0n) is 26.9. The van der Waals surface area contributed by atoms with Crippen LogP contribution in [-0.2, 0) is 0 Å². The minimum atomic E-state index is 0.556. The Bertz CT molecular complexity index is 3160. The molecule has 6 nitrogen and oxygen atoms in total. The lowest BCUT2D eigenvalue weighted by Crippen LogP contribution is -2.00. The summed E-state index contributed by atoms with van der Waals surface area (Å²) < 4.78 is 15.3. The van der Waals surface area contributed by atoms with Crippen LogP contribution < -0.4 is 0 Å². The van der Waals surface area contributed by atoms with Crippen molar-refractivity contribution in [1.82, 2.24) is 19.9 Å². The lowest BCUT2D eigenvalue weighted by molar-refractivity contribution is 0.623. The maximum absolute atomic E-state index is 6.43. The standard InChI is InChI=1S/C44H24N4O2S/c1-2-11-26(12-3-1)41-46-42(48-43(47-41)31-16-9-19-37-39(31)29-14-6-7-18-36(29)51-37)30-15-8-17-35-38(30)32-24-27(21-23-34(32)49-35)44-45-33-22-20-25-10-4-5-13-28(25)40(33)50-44/h1-24H. The van der Waals surface area contributed by atoms with Gasteiger partial charge < -0.3 is 8.83 Å². The molecule has 0 aliphatic heterocycles. The van der Waals surface area contributed by atoms with Crippen molar-refractivity contribution in [2.24, 2.45) is 0 Å². The lowest BCUT2D eigenvalue weighted by atomic mass is 10.0. The van der Waals surface area contributed by atoms with Crippen molar-refractivity contribution in [2.45, 2.75) is 0 Å². The van der Waals surface area contributed by atoms with Crippen LogP contribution in [0, 0.1) is 0 Å². The molecular formula is C44H24N4O2S. The summed E-state index contributed by atoms with van der Waals surface area (Å²) in [6.07, 6.45) is 0. The Kier molecular flexibility index (Phi) is 6.02. The fourth-order valence-electron chi connectivity index (χ4n) is 7.22. The van der Waals surface area contributed by atoms with Crippen LogP contribution in [0.15, 0.2) is 154 Å². The van der Waals surface area contributed by atoms with Gasteiger partial charge in [-0.2, -0.15) is 0 Å². The fourth-order valence-corrected chi connectivity index (χ4v) is 8.35. The summed E-state index contributed by atoms with van der Waals surface area (Å²) in [6, 6.07) is 49.4. The summed E-state index contributed by atoms with van der Waals surface area (Å²) in [5, 5.41) is 6.35. The quantitative estimate of drug-likeness (QED) is 0.185. The Morgan fingerprint density at radius 2 is 1.16 bits per heavy atom. The third kappa shape index (κ3) is 4.42. The van der Waals surface area contributed by atoms with Gasteiger partial charge in [0.25, 0.3) is 0 Å². The first-order valence-electron chi connectivity index (χ1n) is 16.7. The zero-order chi connectivity index (χ0) is 33.5. The molecule has 7 heteroatoms. The van der Waals surface area contributed by atoms with Crippen molar-refractivity contribution in [3.63, 3.8) is 0 Å². The van der Waals surface area contributed by atoms with Crippen LogP contribution in [0.4, 0.5) is 0 Å². The average Bonchev–Trinajstić information content (AvgIpc) is 3.91. The Balaban J connectivity index is 1.14. The van der Waals surface area contributed by atoms with Crippen molar-refractivity contribution >= 4 is 75.3 Å². The molecule has 0 radical (unpaired) electrons. The summed E-state index contributed by atoms with van der Waals surface area (Å²) in [6.45, 7) is 0. The first kappa shape index (κ1) is 28.2. The van der Waals surface area contributed by atoms with Gasteiger partial charge in [-0.3, -0.25) is 0 Å². The largest absolute Gasteiger partial charge is 0.456 e. The zero-order valence-corrected chi connectivity index (χ0v) is 27.7. The van der Waals surface area contributed by atoms with Gasteiger partial charge in [0.2, 0.25) is 5.89 Å². The van der Waals surface area contributed by atoms with Crippen LogP contribution in [0.2, 0.25) is 0 Å². The summed E-state index contributed by atoms with van der Waals surface area (Å²) in [5.41, 5.74) is 6.71. The molecule has 0 fully saturated rings. The second-order valence-corrected chi connectivity index (χ2v) is 13.7. The summed E-state index contributed by atoms with van der Waals surface area (Å²) >= 11 is 1.78. The van der Waals surface area contributed by atoms with E-state index in [1.807, 2.05) is 72.8 Å². The maximum Gasteiger partial charge on any atom is 0.227 e. The highest BCUT2D eigenvalue weighted by atomic mass is 32.1. The molecule has 0 saturated carbocycles. The molecule has 0 amide bonds. The Hall–Kier alpha value is -6.70. The Morgan fingerprint density at radius 1 is 0.431 bits per heavy atom. The third-order valence-electron chi connectivity index (χ3n) is 9.57. The molecule has 0 aliphatic rings. The van der Waals surface area contributed by atoms with Gasteiger partial charge in [-0.25, -0.2) is 19.9 Å². The number of thiophene rings is 1. The van der Waals surface area contributed by atoms with Crippen molar-refractivity contribution in [2.75, 3.05) is 0 Å². The van der Waals surface area contributed by atoms with Gasteiger partial charge in [0.15, 0.2) is 23.1 Å². The predicted octanol–water partition coefficient (Wildman–Crippen LogP) is 12.1. The van der Waals surface area contributed by atoms with E-state index in [9.17, 15) is 0 Å². The van der Waals surface area contributed by atoms with Crippen LogP contribution in [0.3, 0.4) is 0 Å². The highest BCUT2D eigenvalue weighted by Crippen LogP contribution is 2.42. The number of hydrogen-bond acceptors (Lipinski definition) is 7. The maximum atomic E-state index is 6.43. The first-order valence-corrected chi connectivity index (χ1v) is 17.5. The molecular weight excluding hydrogens is 649 g/mol. The van der Waals surface area contributed by atoms with Crippen molar-refractivity contribution in [3.05, 3.63) is 146 Å². The minimum absolute atomic E-state index is 0.556. The number of fused-ring (bicyclic) bond motifs is 9. The van der Waals surface area contributed by atoms with Gasteiger partial charge in [0, 0.05) is 58.6 Å². The number of benzene rings is 7. The van der Waals surface area contributed by atoms with Crippen LogP contribution in [0.25, 0.3) is 110 Å². The molecule has 0 N–H and O–H groups in total. The molecule has 7 aromatic carbocycles. The van der Waals surface area contributed by atoms with E-state index in [-0.39, 0.29) is 0 Å². The van der Waals surface area contributed by atoms with Crippen LogP contribution in [0.1, 0.15) is 0 Å². The predicted molar refractivity (Wildman–Crippen MR) is 207 cm³/mol. The normalized spacial score (nSPS) is 11.9. The van der Waals surface area contributed by atoms with Crippen molar-refractivity contribution in [1.29, 1.82) is 0 Å². The van der Waals surface area contributed by atoms with Gasteiger partial charge in [-0.05, 0) is 47.9 Å². The Morgan fingerprint density at radius 3 is 2.04 bits per heavy atom. The SMILES string of the molecule is c1ccc(-c2nc(-c3cccc4oc5ccc(-c6nc7ccc8ccccc8c7o6)cc5c34)nc(-c3cccc4sc5ccccc5c34)n2)cc1. The molecule has 11 aromatic rings. The van der Waals surface area contributed by atoms with Gasteiger partial charge >= 0.3 is 0 Å². The monoisotopic (exact) mass is 672 g/mol. The summed E-state index contributed by atoms with van der Waals surface area (Å²) in [7, 11) is 0. The van der Waals surface area contributed by atoms with Crippen molar-refractivity contribution < 1.29 is 8.83 Å². The van der Waals surface area contributed by atoms with E-state index in [2.05, 4.69) is 72.8 Å². The van der Waals surface area contributed by atoms with Gasteiger partial charge in [0.1, 0.15) is 16.7 Å². The number of oxazole rings is 1. The molecule has 238 valence electrons. The fraction of sp³-hybridized carbons (Fsp3) is 0. The molecule has 0 aliphatic carbocycles. The molecule has 11 rings (SSSR count). The lowest BCUT2D eigenvalue weighted by Gasteiger charge is -2.10. The summed E-state index contributed by atoms with van der Waals surface area (Å²) in [5.74, 6) is 2.36. The third-order valence-corrected chi connectivity index (χ3v) is 10.7. The number of aromatic nitrogens is 4. The van der Waals surface area contributed by atoms with E-state index in [1.54, 1.807) is 11.3 Å². The topological polar surface area (TPSA) is 77.8 Å². The number of nitrogens with zero attached hydrogens (tertiary/aromatic N) is 4. The summed E-state index contributed by atoms with van der Waals surface area (Å²) in [4.78, 5) is 20.3. The van der Waals surface area contributed by atoms with Gasteiger partial charge in [-0.1, -0.05) is 103 Å². The van der Waals surface area contributed by atoms with Crippen LogP contribution in [0.5, 0.6) is 0 Å². The minimum Gasteiger partial charge on any atom is -0.456 e. The van der Waals surface area contributed by atoms with Crippen molar-refractivity contribution in [3.8, 4) is 45.6 Å². The molecule has 0 bridgehead atoms. The molecule has 0 spiro atoms. The van der Waals surface area contributed by atoms with Gasteiger partial charge in [-0.15, -0.1) is 11.3 Å². The van der Waals surface area contributed by atoms with E-state index < -0.39 is 0 Å². The smallest absolute Gasteiger partial charge is 0.227 e. The van der Waals surface area contributed by atoms with E-state index in [1.165, 1.54) is 14.8 Å². The molecule has 0 atom stereocenters. The molecule has 0 saturated heterocycles. The first-order chi connectivity index (χ1) is 25.2. The molecule has 4 aromatic heterocycles. The molecule has 0 unspecified atom stereocenters. The van der Waals surface area contributed by atoms with Crippen LogP contribution >= 0.6 is 11.3 Å². The van der Waals surface area contributed by atoms with E-state index in [0.717, 1.165) is 71.5 Å². The number of hydrogen-bond donors (Lipinski definition) is 0. The van der Waals surface area contributed by atoms with Gasteiger partial charge in [0.05, 0.1) is 0 Å².